The zero-order valence-electron chi connectivity index (χ0n) is 12.5. The van der Waals surface area contributed by atoms with E-state index in [2.05, 4.69) is 6.58 Å². The maximum Gasteiger partial charge on any atom is 0.184 e. The summed E-state index contributed by atoms with van der Waals surface area (Å²) in [4.78, 5) is 11.6. The largest absolute Gasteiger partial charge is 0.369 e. The molecule has 0 bridgehead atoms. The predicted molar refractivity (Wildman–Crippen MR) is 85.0 cm³/mol. The molecule has 0 amide bonds. The van der Waals surface area contributed by atoms with Crippen LogP contribution in [0.2, 0.25) is 0 Å². The molecule has 0 saturated heterocycles. The van der Waals surface area contributed by atoms with Gasteiger partial charge in [0, 0.05) is 0 Å². The molecule has 3 heteroatoms. The van der Waals surface area contributed by atoms with Crippen LogP contribution >= 0.6 is 0 Å². The number of allylic oxidation sites excluding steroid dienone is 4. The van der Waals surface area contributed by atoms with Crippen LogP contribution in [0, 0.1) is 0 Å². The van der Waals surface area contributed by atoms with Crippen LogP contribution in [0.1, 0.15) is 12.5 Å². The van der Waals surface area contributed by atoms with Crippen molar-refractivity contribution in [2.75, 3.05) is 19.8 Å². The smallest absolute Gasteiger partial charge is 0.184 e. The van der Waals surface area contributed by atoms with Crippen LogP contribution in [0.3, 0.4) is 0 Å². The summed E-state index contributed by atoms with van der Waals surface area (Å²) in [5, 5.41) is 0. The number of hydrogen-bond donors (Lipinski definition) is 0. The number of rotatable bonds is 10. The third-order valence-corrected chi connectivity index (χ3v) is 2.60. The second-order valence-corrected chi connectivity index (χ2v) is 4.64. The Morgan fingerprint density at radius 1 is 1.10 bits per heavy atom. The lowest BCUT2D eigenvalue weighted by molar-refractivity contribution is -0.128. The molecule has 1 rings (SSSR count). The minimum absolute atomic E-state index is 0.0552. The topological polar surface area (TPSA) is 35.5 Å². The van der Waals surface area contributed by atoms with E-state index in [1.54, 1.807) is 6.08 Å². The third-order valence-electron chi connectivity index (χ3n) is 2.60. The monoisotopic (exact) mass is 286 g/mol. The fourth-order valence-electron chi connectivity index (χ4n) is 1.57. The highest BCUT2D eigenvalue weighted by atomic mass is 16.5. The Kier molecular flexibility index (Phi) is 8.76. The Bertz CT molecular complexity index is 486. The average molecular weight is 286 g/mol. The van der Waals surface area contributed by atoms with E-state index in [1.165, 1.54) is 0 Å². The molecule has 0 aliphatic rings. The van der Waals surface area contributed by atoms with Gasteiger partial charge in [-0.15, -0.1) is 0 Å². The van der Waals surface area contributed by atoms with Crippen LogP contribution in [0.4, 0.5) is 0 Å². The second-order valence-electron chi connectivity index (χ2n) is 4.64. The zero-order chi connectivity index (χ0) is 15.3. The van der Waals surface area contributed by atoms with Crippen molar-refractivity contribution < 1.29 is 14.3 Å². The number of carbonyl (C=O) groups excluding carboxylic acids is 1. The SMILES string of the molecule is C=C/C=C\C=C(/C)COCC(=O)COCc1ccccc1. The van der Waals surface area contributed by atoms with Crippen molar-refractivity contribution in [3.05, 3.63) is 72.4 Å². The standard InChI is InChI=1S/C18H22O3/c1-3-4-6-9-16(2)12-20-14-18(19)15-21-13-17-10-7-5-8-11-17/h3-11H,1,12-15H2,2H3/b6-4-,16-9+. The number of carbonyl (C=O) groups is 1. The molecule has 0 saturated carbocycles. The van der Waals surface area contributed by atoms with E-state index in [4.69, 9.17) is 9.47 Å². The van der Waals surface area contributed by atoms with Gasteiger partial charge < -0.3 is 9.47 Å². The van der Waals surface area contributed by atoms with Crippen molar-refractivity contribution >= 4 is 5.78 Å². The number of Topliss-reactive ketones (excluding diaryl/α,β-unsaturated/α-hetero) is 1. The highest BCUT2D eigenvalue weighted by molar-refractivity contribution is 5.80. The minimum atomic E-state index is -0.0552. The average Bonchev–Trinajstić information content (AvgIpc) is 2.48. The normalized spacial score (nSPS) is 11.8. The Balaban J connectivity index is 2.12. The number of benzene rings is 1. The Morgan fingerprint density at radius 3 is 2.52 bits per heavy atom. The van der Waals surface area contributed by atoms with Crippen molar-refractivity contribution in [3.63, 3.8) is 0 Å². The molecule has 0 unspecified atom stereocenters. The molecule has 0 aliphatic carbocycles. The number of hydrogen-bond acceptors (Lipinski definition) is 3. The lowest BCUT2D eigenvalue weighted by Crippen LogP contribution is -2.16. The summed E-state index contributed by atoms with van der Waals surface area (Å²) in [6, 6.07) is 9.76. The predicted octanol–water partition coefficient (Wildman–Crippen LogP) is 3.48. The second kappa shape index (κ2) is 10.8. The molecule has 1 aromatic carbocycles. The van der Waals surface area contributed by atoms with Gasteiger partial charge in [0.2, 0.25) is 0 Å². The first-order valence-electron chi connectivity index (χ1n) is 6.88. The van der Waals surface area contributed by atoms with Crippen LogP contribution in [0.15, 0.2) is 66.8 Å². The highest BCUT2D eigenvalue weighted by Crippen LogP contribution is 2.00. The summed E-state index contributed by atoms with van der Waals surface area (Å²) in [7, 11) is 0. The molecule has 0 N–H and O–H groups in total. The van der Waals surface area contributed by atoms with Crippen molar-refractivity contribution in [1.29, 1.82) is 0 Å². The fraction of sp³-hybridized carbons (Fsp3) is 0.278. The van der Waals surface area contributed by atoms with E-state index >= 15 is 0 Å². The Hall–Kier alpha value is -1.97. The van der Waals surface area contributed by atoms with Gasteiger partial charge in [-0.05, 0) is 18.1 Å². The molecule has 0 atom stereocenters. The van der Waals surface area contributed by atoms with Crippen LogP contribution in [-0.4, -0.2) is 25.6 Å². The van der Waals surface area contributed by atoms with Crippen molar-refractivity contribution in [2.45, 2.75) is 13.5 Å². The van der Waals surface area contributed by atoms with Gasteiger partial charge in [-0.3, -0.25) is 4.79 Å². The molecule has 0 aromatic heterocycles. The highest BCUT2D eigenvalue weighted by Gasteiger charge is 2.02. The van der Waals surface area contributed by atoms with E-state index in [0.29, 0.717) is 13.2 Å². The first-order chi connectivity index (χ1) is 10.2. The molecule has 3 nitrogen and oxygen atoms in total. The Morgan fingerprint density at radius 2 is 1.81 bits per heavy atom. The van der Waals surface area contributed by atoms with Crippen LogP contribution in [0.25, 0.3) is 0 Å². The molecule has 0 radical (unpaired) electrons. The van der Waals surface area contributed by atoms with Gasteiger partial charge in [-0.2, -0.15) is 0 Å². The van der Waals surface area contributed by atoms with Gasteiger partial charge in [0.15, 0.2) is 5.78 Å². The first-order valence-corrected chi connectivity index (χ1v) is 6.88. The molecule has 112 valence electrons. The van der Waals surface area contributed by atoms with Gasteiger partial charge in [-0.1, -0.05) is 61.2 Å². The minimum Gasteiger partial charge on any atom is -0.369 e. The third kappa shape index (κ3) is 8.74. The number of ketones is 1. The maximum atomic E-state index is 11.6. The van der Waals surface area contributed by atoms with Gasteiger partial charge in [0.05, 0.1) is 13.2 Å². The van der Waals surface area contributed by atoms with Crippen LogP contribution in [-0.2, 0) is 20.9 Å². The van der Waals surface area contributed by atoms with E-state index < -0.39 is 0 Å². The molecule has 21 heavy (non-hydrogen) atoms. The summed E-state index contributed by atoms with van der Waals surface area (Å²) >= 11 is 0. The van der Waals surface area contributed by atoms with Crippen molar-refractivity contribution in [1.82, 2.24) is 0 Å². The van der Waals surface area contributed by atoms with Crippen molar-refractivity contribution in [3.8, 4) is 0 Å². The molecule has 0 aliphatic heterocycles. The Labute approximate surface area is 126 Å². The van der Waals surface area contributed by atoms with Crippen LogP contribution < -0.4 is 0 Å². The van der Waals surface area contributed by atoms with E-state index in [1.807, 2.05) is 55.5 Å². The van der Waals surface area contributed by atoms with Crippen LogP contribution in [0.5, 0.6) is 0 Å². The van der Waals surface area contributed by atoms with Gasteiger partial charge >= 0.3 is 0 Å². The molecule has 0 fully saturated rings. The summed E-state index contributed by atoms with van der Waals surface area (Å²) in [5.74, 6) is -0.0552. The van der Waals surface area contributed by atoms with Gasteiger partial charge in [-0.25, -0.2) is 0 Å². The lowest BCUT2D eigenvalue weighted by atomic mass is 10.2. The van der Waals surface area contributed by atoms with Gasteiger partial charge in [0.1, 0.15) is 13.2 Å². The zero-order valence-corrected chi connectivity index (χ0v) is 12.5. The van der Waals surface area contributed by atoms with E-state index in [-0.39, 0.29) is 19.0 Å². The maximum absolute atomic E-state index is 11.6. The molecule has 0 heterocycles. The summed E-state index contributed by atoms with van der Waals surface area (Å²) in [6.45, 7) is 6.57. The van der Waals surface area contributed by atoms with Gasteiger partial charge in [0.25, 0.3) is 0 Å². The molecular weight excluding hydrogens is 264 g/mol. The fourth-order valence-corrected chi connectivity index (χ4v) is 1.57. The quantitative estimate of drug-likeness (QED) is 0.618. The first kappa shape index (κ1) is 17.1. The molecule has 0 spiro atoms. The van der Waals surface area contributed by atoms with Crippen molar-refractivity contribution in [2.24, 2.45) is 0 Å². The number of ether oxygens (including phenoxy) is 2. The molecular formula is C18H22O3. The summed E-state index contributed by atoms with van der Waals surface area (Å²) in [6.07, 6.45) is 7.36. The van der Waals surface area contributed by atoms with E-state index in [9.17, 15) is 4.79 Å². The molecule has 1 aromatic rings. The summed E-state index contributed by atoms with van der Waals surface area (Å²) in [5.41, 5.74) is 2.10. The van der Waals surface area contributed by atoms with E-state index in [0.717, 1.165) is 11.1 Å². The lowest BCUT2D eigenvalue weighted by Gasteiger charge is -2.05. The summed E-state index contributed by atoms with van der Waals surface area (Å²) < 4.78 is 10.7.